The SMILES string of the molecule is Cc1ccn(-c2ccccc2CNC(=O)CCN2C(=O)COc3ccccc32)n1. The lowest BCUT2D eigenvalue weighted by molar-refractivity contribution is -0.122. The molecule has 0 atom stereocenters. The monoisotopic (exact) mass is 390 g/mol. The number of aromatic nitrogens is 2. The van der Waals surface area contributed by atoms with Crippen molar-refractivity contribution >= 4 is 17.5 Å². The first kappa shape index (κ1) is 18.7. The van der Waals surface area contributed by atoms with Gasteiger partial charge in [-0.15, -0.1) is 0 Å². The zero-order valence-corrected chi connectivity index (χ0v) is 16.2. The summed E-state index contributed by atoms with van der Waals surface area (Å²) in [5.41, 5.74) is 3.53. The maximum Gasteiger partial charge on any atom is 0.265 e. The summed E-state index contributed by atoms with van der Waals surface area (Å²) in [6.07, 6.45) is 2.11. The number of carbonyl (C=O) groups is 2. The van der Waals surface area contributed by atoms with Gasteiger partial charge in [0.15, 0.2) is 6.61 Å². The first-order valence-corrected chi connectivity index (χ1v) is 9.51. The van der Waals surface area contributed by atoms with Gasteiger partial charge >= 0.3 is 0 Å². The summed E-state index contributed by atoms with van der Waals surface area (Å²) < 4.78 is 7.24. The zero-order chi connectivity index (χ0) is 20.2. The third kappa shape index (κ3) is 4.13. The Morgan fingerprint density at radius 3 is 2.66 bits per heavy atom. The van der Waals surface area contributed by atoms with Crippen LogP contribution in [0.25, 0.3) is 5.69 Å². The number of amides is 2. The molecule has 0 saturated heterocycles. The number of hydrogen-bond acceptors (Lipinski definition) is 4. The number of hydrogen-bond donors (Lipinski definition) is 1. The predicted octanol–water partition coefficient (Wildman–Crippen LogP) is 2.61. The van der Waals surface area contributed by atoms with Gasteiger partial charge in [0.25, 0.3) is 5.91 Å². The number of rotatable bonds is 6. The van der Waals surface area contributed by atoms with Gasteiger partial charge in [0.1, 0.15) is 5.75 Å². The van der Waals surface area contributed by atoms with Crippen LogP contribution in [-0.4, -0.2) is 34.7 Å². The van der Waals surface area contributed by atoms with Gasteiger partial charge < -0.3 is 15.0 Å². The van der Waals surface area contributed by atoms with Gasteiger partial charge in [-0.1, -0.05) is 30.3 Å². The summed E-state index contributed by atoms with van der Waals surface area (Å²) in [6.45, 7) is 2.63. The number of fused-ring (bicyclic) bond motifs is 1. The molecule has 0 radical (unpaired) electrons. The molecule has 1 aromatic heterocycles. The second-order valence-corrected chi connectivity index (χ2v) is 6.86. The number of nitrogens with zero attached hydrogens (tertiary/aromatic N) is 3. The predicted molar refractivity (Wildman–Crippen MR) is 109 cm³/mol. The fourth-order valence-electron chi connectivity index (χ4n) is 3.33. The number of nitrogens with one attached hydrogen (secondary N) is 1. The fourth-order valence-corrected chi connectivity index (χ4v) is 3.33. The Bertz CT molecular complexity index is 1040. The standard InChI is InChI=1S/C22H22N4O3/c1-16-10-13-26(24-16)18-7-3-2-6-17(18)14-23-21(27)11-12-25-19-8-4-5-9-20(19)29-15-22(25)28/h2-10,13H,11-12,14-15H2,1H3,(H,23,27). The van der Waals surface area contributed by atoms with E-state index < -0.39 is 0 Å². The zero-order valence-electron chi connectivity index (χ0n) is 16.2. The highest BCUT2D eigenvalue weighted by Crippen LogP contribution is 2.31. The quantitative estimate of drug-likeness (QED) is 0.702. The molecule has 2 amide bonds. The largest absolute Gasteiger partial charge is 0.482 e. The maximum atomic E-state index is 12.4. The van der Waals surface area contributed by atoms with Gasteiger partial charge in [-0.3, -0.25) is 9.59 Å². The van der Waals surface area contributed by atoms with Crippen molar-refractivity contribution in [1.29, 1.82) is 0 Å². The van der Waals surface area contributed by atoms with E-state index in [0.717, 1.165) is 16.9 Å². The molecule has 0 bridgehead atoms. The smallest absolute Gasteiger partial charge is 0.265 e. The Hall–Kier alpha value is -3.61. The van der Waals surface area contributed by atoms with Crippen molar-refractivity contribution in [2.45, 2.75) is 19.9 Å². The van der Waals surface area contributed by atoms with Crippen LogP contribution in [0.3, 0.4) is 0 Å². The highest BCUT2D eigenvalue weighted by molar-refractivity contribution is 5.98. The van der Waals surface area contributed by atoms with E-state index in [9.17, 15) is 9.59 Å². The number of ether oxygens (including phenoxy) is 1. The molecule has 1 aliphatic rings. The first-order valence-electron chi connectivity index (χ1n) is 9.51. The molecule has 7 heteroatoms. The molecule has 4 rings (SSSR count). The topological polar surface area (TPSA) is 76.5 Å². The second-order valence-electron chi connectivity index (χ2n) is 6.86. The van der Waals surface area contributed by atoms with E-state index in [1.165, 1.54) is 0 Å². The van der Waals surface area contributed by atoms with Crippen molar-refractivity contribution in [3.05, 3.63) is 72.1 Å². The second kappa shape index (κ2) is 8.18. The van der Waals surface area contributed by atoms with Gasteiger partial charge in [-0.25, -0.2) is 4.68 Å². The minimum Gasteiger partial charge on any atom is -0.482 e. The van der Waals surface area contributed by atoms with Gasteiger partial charge in [-0.2, -0.15) is 5.10 Å². The van der Waals surface area contributed by atoms with Crippen LogP contribution in [0.15, 0.2) is 60.8 Å². The molecule has 148 valence electrons. The van der Waals surface area contributed by atoms with E-state index in [4.69, 9.17) is 4.74 Å². The minimum absolute atomic E-state index is 0.00467. The van der Waals surface area contributed by atoms with Gasteiger partial charge in [0, 0.05) is 25.7 Å². The summed E-state index contributed by atoms with van der Waals surface area (Å²) in [5, 5.41) is 7.39. The van der Waals surface area contributed by atoms with Crippen molar-refractivity contribution in [3.63, 3.8) is 0 Å². The Morgan fingerprint density at radius 1 is 1.10 bits per heavy atom. The van der Waals surface area contributed by atoms with E-state index in [0.29, 0.717) is 24.5 Å². The minimum atomic E-state index is -0.143. The van der Waals surface area contributed by atoms with Crippen molar-refractivity contribution in [2.24, 2.45) is 0 Å². The maximum absolute atomic E-state index is 12.4. The lowest BCUT2D eigenvalue weighted by Crippen LogP contribution is -2.41. The molecule has 1 N–H and O–H groups in total. The van der Waals surface area contributed by atoms with Crippen LogP contribution < -0.4 is 15.0 Å². The molecule has 3 aromatic rings. The van der Waals surface area contributed by atoms with Crippen LogP contribution in [0.5, 0.6) is 5.75 Å². The summed E-state index contributed by atoms with van der Waals surface area (Å²) >= 11 is 0. The summed E-state index contributed by atoms with van der Waals surface area (Å²) in [4.78, 5) is 26.2. The Labute approximate surface area is 168 Å². The van der Waals surface area contributed by atoms with E-state index in [2.05, 4.69) is 10.4 Å². The van der Waals surface area contributed by atoms with Crippen LogP contribution >= 0.6 is 0 Å². The molecule has 29 heavy (non-hydrogen) atoms. The molecule has 7 nitrogen and oxygen atoms in total. The van der Waals surface area contributed by atoms with Crippen LogP contribution in [-0.2, 0) is 16.1 Å². The molecule has 0 saturated carbocycles. The lowest BCUT2D eigenvalue weighted by atomic mass is 10.1. The van der Waals surface area contributed by atoms with E-state index in [1.807, 2.05) is 67.7 Å². The first-order chi connectivity index (χ1) is 14.1. The van der Waals surface area contributed by atoms with Gasteiger partial charge in [0.05, 0.1) is 17.1 Å². The van der Waals surface area contributed by atoms with Crippen LogP contribution in [0, 0.1) is 6.92 Å². The summed E-state index contributed by atoms with van der Waals surface area (Å²) in [5.74, 6) is 0.403. The summed E-state index contributed by atoms with van der Waals surface area (Å²) in [6, 6.07) is 17.1. The van der Waals surface area contributed by atoms with Crippen molar-refractivity contribution in [3.8, 4) is 11.4 Å². The average molecular weight is 390 g/mol. The Kier molecular flexibility index (Phi) is 5.29. The van der Waals surface area contributed by atoms with Gasteiger partial charge in [0.2, 0.25) is 5.91 Å². The normalized spacial score (nSPS) is 13.0. The number of para-hydroxylation sites is 3. The van der Waals surface area contributed by atoms with Crippen LogP contribution in [0.4, 0.5) is 5.69 Å². The van der Waals surface area contributed by atoms with Crippen LogP contribution in [0.2, 0.25) is 0 Å². The van der Waals surface area contributed by atoms with E-state index in [-0.39, 0.29) is 24.8 Å². The molecule has 0 spiro atoms. The number of carbonyl (C=O) groups excluding carboxylic acids is 2. The fraction of sp³-hybridized carbons (Fsp3) is 0.227. The van der Waals surface area contributed by atoms with Crippen molar-refractivity contribution in [2.75, 3.05) is 18.1 Å². The Morgan fingerprint density at radius 2 is 1.86 bits per heavy atom. The molecule has 0 fully saturated rings. The van der Waals surface area contributed by atoms with Gasteiger partial charge in [-0.05, 0) is 36.8 Å². The van der Waals surface area contributed by atoms with Crippen molar-refractivity contribution in [1.82, 2.24) is 15.1 Å². The summed E-state index contributed by atoms with van der Waals surface area (Å²) in [7, 11) is 0. The molecular formula is C22H22N4O3. The number of aryl methyl sites for hydroxylation is 1. The molecule has 0 unspecified atom stereocenters. The molecular weight excluding hydrogens is 368 g/mol. The number of benzene rings is 2. The lowest BCUT2D eigenvalue weighted by Gasteiger charge is -2.29. The average Bonchev–Trinajstić information content (AvgIpc) is 3.18. The van der Waals surface area contributed by atoms with E-state index >= 15 is 0 Å². The highest BCUT2D eigenvalue weighted by Gasteiger charge is 2.25. The molecule has 1 aliphatic heterocycles. The van der Waals surface area contributed by atoms with Crippen molar-refractivity contribution < 1.29 is 14.3 Å². The van der Waals surface area contributed by atoms with E-state index in [1.54, 1.807) is 9.58 Å². The molecule has 2 heterocycles. The highest BCUT2D eigenvalue weighted by atomic mass is 16.5. The van der Waals surface area contributed by atoms with Crippen LogP contribution in [0.1, 0.15) is 17.7 Å². The third-order valence-electron chi connectivity index (χ3n) is 4.81. The third-order valence-corrected chi connectivity index (χ3v) is 4.81. The number of anilines is 1. The Balaban J connectivity index is 1.38. The molecule has 2 aromatic carbocycles. The molecule has 0 aliphatic carbocycles.